The fraction of sp³-hybridized carbons (Fsp3) is 0.304. The lowest BCUT2D eigenvalue weighted by molar-refractivity contribution is -0.189. The minimum absolute atomic E-state index is 0.0153. The van der Waals surface area contributed by atoms with Gasteiger partial charge in [-0.05, 0) is 19.1 Å². The third-order valence-corrected chi connectivity index (χ3v) is 5.54. The van der Waals surface area contributed by atoms with E-state index in [0.29, 0.717) is 16.9 Å². The summed E-state index contributed by atoms with van der Waals surface area (Å²) in [6, 6.07) is 5.41. The summed E-state index contributed by atoms with van der Waals surface area (Å²) in [5.41, 5.74) is 1.14. The molecule has 0 radical (unpaired) electrons. The highest BCUT2D eigenvalue weighted by Gasteiger charge is 2.40. The smallest absolute Gasteiger partial charge is 0.425 e. The topological polar surface area (TPSA) is 103 Å². The summed E-state index contributed by atoms with van der Waals surface area (Å²) in [5.74, 6) is -2.09. The number of rotatable bonds is 6. The number of alkyl halides is 3. The molecule has 0 aliphatic carbocycles. The monoisotopic (exact) mass is 505 g/mol. The predicted octanol–water partition coefficient (Wildman–Crippen LogP) is 3.78. The van der Waals surface area contributed by atoms with Gasteiger partial charge in [0.05, 0.1) is 43.9 Å². The molecule has 4 rings (SSSR count). The number of nitrogens with zero attached hydrogens (tertiary/aromatic N) is 5. The van der Waals surface area contributed by atoms with Gasteiger partial charge in [-0.1, -0.05) is 0 Å². The number of carbonyl (C=O) groups excluding carboxylic acids is 1. The Hall–Kier alpha value is -4.34. The normalized spacial score (nSPS) is 13.7. The van der Waals surface area contributed by atoms with Crippen LogP contribution < -0.4 is 14.2 Å². The van der Waals surface area contributed by atoms with Crippen molar-refractivity contribution in [1.29, 1.82) is 5.26 Å². The van der Waals surface area contributed by atoms with Crippen molar-refractivity contribution in [3.05, 3.63) is 58.8 Å². The molecule has 1 aliphatic heterocycles. The molecule has 36 heavy (non-hydrogen) atoms. The fourth-order valence-corrected chi connectivity index (χ4v) is 3.70. The first-order valence-corrected chi connectivity index (χ1v) is 10.5. The average Bonchev–Trinajstić information content (AvgIpc) is 3.42. The van der Waals surface area contributed by atoms with Crippen LogP contribution in [-0.4, -0.2) is 52.1 Å². The van der Waals surface area contributed by atoms with Crippen LogP contribution >= 0.6 is 0 Å². The van der Waals surface area contributed by atoms with E-state index in [-0.39, 0.29) is 41.6 Å². The third kappa shape index (κ3) is 4.49. The van der Waals surface area contributed by atoms with Crippen LogP contribution in [0.1, 0.15) is 34.1 Å². The van der Waals surface area contributed by atoms with E-state index in [4.69, 9.17) is 14.2 Å². The molecule has 3 heterocycles. The molecule has 0 saturated heterocycles. The summed E-state index contributed by atoms with van der Waals surface area (Å²) in [6.07, 6.45) is -3.92. The van der Waals surface area contributed by atoms with Crippen LogP contribution in [0.3, 0.4) is 0 Å². The number of aromatic nitrogens is 3. The van der Waals surface area contributed by atoms with Gasteiger partial charge in [0.25, 0.3) is 5.91 Å². The van der Waals surface area contributed by atoms with Gasteiger partial charge < -0.3 is 19.1 Å². The van der Waals surface area contributed by atoms with Crippen LogP contribution in [0.5, 0.6) is 17.4 Å². The van der Waals surface area contributed by atoms with E-state index in [1.807, 2.05) is 6.07 Å². The average molecular weight is 505 g/mol. The molecule has 1 aromatic carbocycles. The van der Waals surface area contributed by atoms with E-state index >= 15 is 0 Å². The highest BCUT2D eigenvalue weighted by Crippen LogP contribution is 2.37. The number of hydrogen-bond donors (Lipinski definition) is 0. The zero-order valence-electron chi connectivity index (χ0n) is 19.3. The van der Waals surface area contributed by atoms with Crippen molar-refractivity contribution < 1.29 is 36.6 Å². The van der Waals surface area contributed by atoms with Gasteiger partial charge in [-0.2, -0.15) is 23.5 Å². The summed E-state index contributed by atoms with van der Waals surface area (Å²) >= 11 is 0. The number of benzene rings is 1. The van der Waals surface area contributed by atoms with E-state index in [0.717, 1.165) is 13.0 Å². The predicted molar refractivity (Wildman–Crippen MR) is 115 cm³/mol. The molecule has 0 spiro atoms. The minimum Gasteiger partial charge on any atom is -0.494 e. The molecule has 0 bridgehead atoms. The van der Waals surface area contributed by atoms with E-state index in [1.165, 1.54) is 42.1 Å². The maximum absolute atomic E-state index is 14.0. The molecule has 9 nitrogen and oxygen atoms in total. The molecule has 3 aromatic rings. The SMILES string of the molecule is COc1ncc(-n2cc3c(n2)CN(C(=O)c2c(OC(C)C(F)(F)F)ccc(C#N)c2OC)C3)cc1F. The van der Waals surface area contributed by atoms with Crippen LogP contribution in [0, 0.1) is 17.1 Å². The number of ether oxygens (including phenoxy) is 3. The van der Waals surface area contributed by atoms with Gasteiger partial charge in [-0.15, -0.1) is 0 Å². The Labute approximate surface area is 202 Å². The molecule has 13 heteroatoms. The molecule has 0 fully saturated rings. The molecule has 1 amide bonds. The van der Waals surface area contributed by atoms with Crippen molar-refractivity contribution in [2.75, 3.05) is 14.2 Å². The number of nitriles is 1. The van der Waals surface area contributed by atoms with Gasteiger partial charge >= 0.3 is 6.18 Å². The summed E-state index contributed by atoms with van der Waals surface area (Å²) < 4.78 is 69.9. The van der Waals surface area contributed by atoms with Gasteiger partial charge in [0.15, 0.2) is 17.7 Å². The van der Waals surface area contributed by atoms with Crippen LogP contribution in [0.15, 0.2) is 30.6 Å². The first kappa shape index (κ1) is 24.8. The Bertz CT molecular complexity index is 1340. The van der Waals surface area contributed by atoms with Crippen LogP contribution in [0.25, 0.3) is 5.69 Å². The molecule has 0 saturated carbocycles. The van der Waals surface area contributed by atoms with Gasteiger partial charge in [0, 0.05) is 24.4 Å². The van der Waals surface area contributed by atoms with Gasteiger partial charge in [0.2, 0.25) is 5.88 Å². The number of carbonyl (C=O) groups is 1. The maximum atomic E-state index is 14.0. The van der Waals surface area contributed by atoms with Crippen molar-refractivity contribution >= 4 is 5.91 Å². The Morgan fingerprint density at radius 2 is 1.97 bits per heavy atom. The van der Waals surface area contributed by atoms with Crippen molar-refractivity contribution in [1.82, 2.24) is 19.7 Å². The molecule has 1 atom stereocenters. The Kier molecular flexibility index (Phi) is 6.45. The van der Waals surface area contributed by atoms with E-state index in [1.54, 1.807) is 6.20 Å². The number of amides is 1. The van der Waals surface area contributed by atoms with Gasteiger partial charge in [-0.3, -0.25) is 4.79 Å². The van der Waals surface area contributed by atoms with Gasteiger partial charge in [0.1, 0.15) is 17.4 Å². The minimum atomic E-state index is -4.68. The standard InChI is InChI=1S/C23H19F4N5O4/c1-12(23(25,26)27)36-18-5-4-13(7-28)20(34-2)19(18)22(33)31-9-14-10-32(30-17(14)11-31)15-6-16(24)21(35-3)29-8-15/h4-6,8,10,12H,9,11H2,1-3H3. The summed E-state index contributed by atoms with van der Waals surface area (Å²) in [4.78, 5) is 18.7. The Balaban J connectivity index is 1.63. The molecular weight excluding hydrogens is 486 g/mol. The van der Waals surface area contributed by atoms with Crippen molar-refractivity contribution in [3.63, 3.8) is 0 Å². The second kappa shape index (κ2) is 9.37. The summed E-state index contributed by atoms with van der Waals surface area (Å²) in [5, 5.41) is 13.8. The molecule has 1 aliphatic rings. The summed E-state index contributed by atoms with van der Waals surface area (Å²) in [7, 11) is 2.50. The number of pyridine rings is 1. The zero-order valence-corrected chi connectivity index (χ0v) is 19.3. The highest BCUT2D eigenvalue weighted by atomic mass is 19.4. The second-order valence-corrected chi connectivity index (χ2v) is 7.82. The largest absolute Gasteiger partial charge is 0.494 e. The fourth-order valence-electron chi connectivity index (χ4n) is 3.70. The first-order valence-electron chi connectivity index (χ1n) is 10.5. The number of fused-ring (bicyclic) bond motifs is 1. The van der Waals surface area contributed by atoms with E-state index in [2.05, 4.69) is 10.1 Å². The molecule has 188 valence electrons. The van der Waals surface area contributed by atoms with Crippen LogP contribution in [-0.2, 0) is 13.1 Å². The molecule has 0 N–H and O–H groups in total. The quantitative estimate of drug-likeness (QED) is 0.470. The molecule has 1 unspecified atom stereocenters. The number of methoxy groups -OCH3 is 2. The van der Waals surface area contributed by atoms with E-state index in [9.17, 15) is 27.6 Å². The lowest BCUT2D eigenvalue weighted by Crippen LogP contribution is -2.33. The van der Waals surface area contributed by atoms with Crippen LogP contribution in [0.2, 0.25) is 0 Å². The molecular formula is C23H19F4N5O4. The second-order valence-electron chi connectivity index (χ2n) is 7.82. The zero-order chi connectivity index (χ0) is 26.2. The van der Waals surface area contributed by atoms with Gasteiger partial charge in [-0.25, -0.2) is 14.1 Å². The Morgan fingerprint density at radius 3 is 2.56 bits per heavy atom. The maximum Gasteiger partial charge on any atom is 0.425 e. The lowest BCUT2D eigenvalue weighted by atomic mass is 10.1. The highest BCUT2D eigenvalue weighted by molar-refractivity contribution is 6.00. The molecule has 2 aromatic heterocycles. The lowest BCUT2D eigenvalue weighted by Gasteiger charge is -2.23. The summed E-state index contributed by atoms with van der Waals surface area (Å²) in [6.45, 7) is 0.889. The van der Waals surface area contributed by atoms with Crippen LogP contribution in [0.4, 0.5) is 17.6 Å². The van der Waals surface area contributed by atoms with Crippen molar-refractivity contribution in [3.8, 4) is 29.1 Å². The Morgan fingerprint density at radius 1 is 1.22 bits per heavy atom. The third-order valence-electron chi connectivity index (χ3n) is 5.54. The number of hydrogen-bond acceptors (Lipinski definition) is 7. The van der Waals surface area contributed by atoms with E-state index < -0.39 is 24.0 Å². The van der Waals surface area contributed by atoms with Crippen molar-refractivity contribution in [2.45, 2.75) is 32.3 Å². The first-order chi connectivity index (χ1) is 17.1. The van der Waals surface area contributed by atoms with Crippen molar-refractivity contribution in [2.24, 2.45) is 0 Å². The number of halogens is 4.